The van der Waals surface area contributed by atoms with E-state index in [1.807, 2.05) is 0 Å². The second-order valence-electron chi connectivity index (χ2n) is 4.66. The van der Waals surface area contributed by atoms with Gasteiger partial charge in [-0.25, -0.2) is 4.79 Å². The molecule has 1 aromatic carbocycles. The van der Waals surface area contributed by atoms with Crippen LogP contribution in [-0.4, -0.2) is 30.0 Å². The van der Waals surface area contributed by atoms with Crippen LogP contribution in [0.4, 0.5) is 5.69 Å². The van der Waals surface area contributed by atoms with Crippen LogP contribution in [0.5, 0.6) is 5.75 Å². The predicted octanol–water partition coefficient (Wildman–Crippen LogP) is 2.38. The van der Waals surface area contributed by atoms with E-state index in [1.165, 1.54) is 25.3 Å². The van der Waals surface area contributed by atoms with Gasteiger partial charge in [-0.15, -0.1) is 11.6 Å². The predicted molar refractivity (Wildman–Crippen MR) is 72.6 cm³/mol. The number of hydrogen-bond acceptors (Lipinski definition) is 4. The molecule has 104 valence electrons. The fraction of sp³-hybridized carbons (Fsp3) is 0.385. The molecule has 0 aromatic heterocycles. The maximum Gasteiger partial charge on any atom is 0.341 e. The van der Waals surface area contributed by atoms with Gasteiger partial charge in [0, 0.05) is 5.88 Å². The van der Waals surface area contributed by atoms with Crippen molar-refractivity contribution in [3.63, 3.8) is 0 Å². The monoisotopic (exact) mass is 285 g/mol. The summed E-state index contributed by atoms with van der Waals surface area (Å²) in [5.74, 6) is -1.21. The molecule has 6 heteroatoms. The molecule has 0 unspecified atom stereocenters. The van der Waals surface area contributed by atoms with Gasteiger partial charge in [0.15, 0.2) is 5.75 Å². The van der Waals surface area contributed by atoms with Crippen molar-refractivity contribution in [2.24, 2.45) is 5.41 Å². The van der Waals surface area contributed by atoms with Gasteiger partial charge in [-0.2, -0.15) is 0 Å². The second kappa shape index (κ2) is 5.93. The van der Waals surface area contributed by atoms with E-state index < -0.39 is 11.4 Å². The third kappa shape index (κ3) is 3.38. The van der Waals surface area contributed by atoms with Crippen LogP contribution in [0.1, 0.15) is 24.2 Å². The number of rotatable bonds is 4. The zero-order chi connectivity index (χ0) is 14.6. The lowest BCUT2D eigenvalue weighted by atomic mass is 9.95. The summed E-state index contributed by atoms with van der Waals surface area (Å²) in [7, 11) is 1.21. The van der Waals surface area contributed by atoms with Crippen molar-refractivity contribution in [3.05, 3.63) is 23.8 Å². The molecule has 2 N–H and O–H groups in total. The molecule has 0 bridgehead atoms. The maximum absolute atomic E-state index is 11.9. The van der Waals surface area contributed by atoms with Crippen LogP contribution in [-0.2, 0) is 9.53 Å². The standard InChI is InChI=1S/C13H16ClNO4/c1-13(2,7-14)12(18)15-9-6-4-5-8(10(9)16)11(17)19-3/h4-6,16H,7H2,1-3H3,(H,15,18). The van der Waals surface area contributed by atoms with Crippen LogP contribution in [0.15, 0.2) is 18.2 Å². The van der Waals surface area contributed by atoms with Crippen molar-refractivity contribution in [1.82, 2.24) is 0 Å². The Bertz CT molecular complexity index is 499. The highest BCUT2D eigenvalue weighted by atomic mass is 35.5. The van der Waals surface area contributed by atoms with Crippen molar-refractivity contribution in [3.8, 4) is 5.75 Å². The number of alkyl halides is 1. The lowest BCUT2D eigenvalue weighted by Crippen LogP contribution is -2.32. The zero-order valence-electron chi connectivity index (χ0n) is 11.0. The minimum atomic E-state index is -0.782. The number of halogens is 1. The summed E-state index contributed by atoms with van der Waals surface area (Å²) < 4.78 is 4.53. The number of amides is 1. The minimum absolute atomic E-state index is 0.0102. The molecule has 0 atom stereocenters. The summed E-state index contributed by atoms with van der Waals surface area (Å²) in [5.41, 5.74) is -0.648. The van der Waals surface area contributed by atoms with Crippen molar-refractivity contribution in [2.75, 3.05) is 18.3 Å². The van der Waals surface area contributed by atoms with Crippen LogP contribution >= 0.6 is 11.6 Å². The molecule has 0 aliphatic rings. The van der Waals surface area contributed by atoms with Gasteiger partial charge in [0.1, 0.15) is 5.56 Å². The summed E-state index contributed by atoms with van der Waals surface area (Å²) in [5, 5.41) is 12.5. The van der Waals surface area contributed by atoms with E-state index in [0.29, 0.717) is 0 Å². The quantitative estimate of drug-likeness (QED) is 0.506. The summed E-state index contributed by atoms with van der Waals surface area (Å²) >= 11 is 5.70. The number of methoxy groups -OCH3 is 1. The SMILES string of the molecule is COC(=O)c1cccc(NC(=O)C(C)(C)CCl)c1O. The first-order valence-corrected chi connectivity index (χ1v) is 6.14. The minimum Gasteiger partial charge on any atom is -0.505 e. The van der Waals surface area contributed by atoms with Gasteiger partial charge in [-0.05, 0) is 26.0 Å². The van der Waals surface area contributed by atoms with E-state index in [9.17, 15) is 14.7 Å². The maximum atomic E-state index is 11.9. The molecule has 0 heterocycles. The second-order valence-corrected chi connectivity index (χ2v) is 4.93. The first-order valence-electron chi connectivity index (χ1n) is 5.61. The number of phenolic OH excluding ortho intramolecular Hbond substituents is 1. The van der Waals surface area contributed by atoms with Gasteiger partial charge >= 0.3 is 5.97 Å². The first kappa shape index (κ1) is 15.3. The Morgan fingerprint density at radius 3 is 2.58 bits per heavy atom. The van der Waals surface area contributed by atoms with Crippen LogP contribution in [0.2, 0.25) is 0 Å². The molecule has 0 fully saturated rings. The highest BCUT2D eigenvalue weighted by Crippen LogP contribution is 2.30. The zero-order valence-corrected chi connectivity index (χ0v) is 11.7. The van der Waals surface area contributed by atoms with Crippen LogP contribution in [0.25, 0.3) is 0 Å². The highest BCUT2D eigenvalue weighted by Gasteiger charge is 2.27. The molecule has 1 amide bonds. The molecule has 1 rings (SSSR count). The lowest BCUT2D eigenvalue weighted by molar-refractivity contribution is -0.123. The number of para-hydroxylation sites is 1. The van der Waals surface area contributed by atoms with E-state index in [2.05, 4.69) is 10.1 Å². The van der Waals surface area contributed by atoms with Crippen molar-refractivity contribution >= 4 is 29.2 Å². The number of carbonyl (C=O) groups is 2. The van der Waals surface area contributed by atoms with E-state index in [1.54, 1.807) is 13.8 Å². The largest absolute Gasteiger partial charge is 0.505 e. The molecule has 0 spiro atoms. The molecule has 1 aromatic rings. The number of anilines is 1. The van der Waals surface area contributed by atoms with E-state index >= 15 is 0 Å². The lowest BCUT2D eigenvalue weighted by Gasteiger charge is -2.21. The van der Waals surface area contributed by atoms with Crippen LogP contribution in [0.3, 0.4) is 0 Å². The molecule has 19 heavy (non-hydrogen) atoms. The number of nitrogens with one attached hydrogen (secondary N) is 1. The van der Waals surface area contributed by atoms with Gasteiger partial charge in [-0.3, -0.25) is 4.79 Å². The number of ether oxygens (including phenoxy) is 1. The van der Waals surface area contributed by atoms with Gasteiger partial charge in [0.2, 0.25) is 5.91 Å². The summed E-state index contributed by atoms with van der Waals surface area (Å²) in [6.07, 6.45) is 0. The Labute approximate surface area is 116 Å². The fourth-order valence-electron chi connectivity index (χ4n) is 1.27. The Kier molecular flexibility index (Phi) is 4.78. The number of benzene rings is 1. The van der Waals surface area contributed by atoms with Gasteiger partial charge in [0.05, 0.1) is 18.2 Å². The number of aromatic hydroxyl groups is 1. The molecule has 0 radical (unpaired) electrons. The van der Waals surface area contributed by atoms with Crippen molar-refractivity contribution < 1.29 is 19.4 Å². The normalized spacial score (nSPS) is 10.9. The van der Waals surface area contributed by atoms with Crippen molar-refractivity contribution in [1.29, 1.82) is 0 Å². The summed E-state index contributed by atoms with van der Waals surface area (Å²) in [6.45, 7) is 3.35. The fourth-order valence-corrected chi connectivity index (χ4v) is 1.39. The smallest absolute Gasteiger partial charge is 0.341 e. The highest BCUT2D eigenvalue weighted by molar-refractivity contribution is 6.20. The van der Waals surface area contributed by atoms with E-state index in [0.717, 1.165) is 0 Å². The average Bonchev–Trinajstić information content (AvgIpc) is 2.40. The van der Waals surface area contributed by atoms with Gasteiger partial charge < -0.3 is 15.2 Å². The first-order chi connectivity index (χ1) is 8.83. The molecular formula is C13H16ClNO4. The topological polar surface area (TPSA) is 75.6 Å². The third-order valence-corrected chi connectivity index (χ3v) is 3.31. The van der Waals surface area contributed by atoms with Gasteiger partial charge in [0.25, 0.3) is 0 Å². The number of esters is 1. The Morgan fingerprint density at radius 2 is 2.05 bits per heavy atom. The summed E-state index contributed by atoms with van der Waals surface area (Å²) in [6, 6.07) is 4.43. The average molecular weight is 286 g/mol. The van der Waals surface area contributed by atoms with Crippen LogP contribution in [0, 0.1) is 5.41 Å². The molecule has 0 aliphatic heterocycles. The number of hydrogen-bond donors (Lipinski definition) is 2. The molecule has 5 nitrogen and oxygen atoms in total. The third-order valence-electron chi connectivity index (χ3n) is 2.64. The van der Waals surface area contributed by atoms with E-state index in [-0.39, 0.29) is 28.8 Å². The number of phenols is 1. The summed E-state index contributed by atoms with van der Waals surface area (Å²) in [4.78, 5) is 23.4. The number of carbonyl (C=O) groups excluding carboxylic acids is 2. The van der Waals surface area contributed by atoms with E-state index in [4.69, 9.17) is 11.6 Å². The van der Waals surface area contributed by atoms with Crippen LogP contribution < -0.4 is 5.32 Å². The molecule has 0 saturated heterocycles. The Balaban J connectivity index is 3.04. The molecule has 0 saturated carbocycles. The Morgan fingerprint density at radius 1 is 1.42 bits per heavy atom. The van der Waals surface area contributed by atoms with Gasteiger partial charge in [-0.1, -0.05) is 6.07 Å². The molecular weight excluding hydrogens is 270 g/mol. The molecule has 0 aliphatic carbocycles. The van der Waals surface area contributed by atoms with Crippen molar-refractivity contribution in [2.45, 2.75) is 13.8 Å². The Hall–Kier alpha value is -1.75.